The van der Waals surface area contributed by atoms with Gasteiger partial charge in [-0.15, -0.1) is 0 Å². The number of aromatic nitrogens is 2. The number of nitrogens with zero attached hydrogens (tertiary/aromatic N) is 3. The summed E-state index contributed by atoms with van der Waals surface area (Å²) in [6, 6.07) is 73.6. The van der Waals surface area contributed by atoms with Gasteiger partial charge in [0.15, 0.2) is 0 Å². The summed E-state index contributed by atoms with van der Waals surface area (Å²) in [5.74, 6) is 0. The van der Waals surface area contributed by atoms with Gasteiger partial charge in [-0.2, -0.15) is 0 Å². The first-order chi connectivity index (χ1) is 30.7. The number of rotatable bonds is 11. The van der Waals surface area contributed by atoms with Crippen LogP contribution in [0.2, 0.25) is 0 Å². The second-order valence-corrected chi connectivity index (χ2v) is 15.3. The van der Waals surface area contributed by atoms with Crippen LogP contribution in [0.25, 0.3) is 77.6 Å². The summed E-state index contributed by atoms with van der Waals surface area (Å²) >= 11 is 0. The normalized spacial score (nSPS) is 11.5. The van der Waals surface area contributed by atoms with Crippen LogP contribution in [0, 0.1) is 5.41 Å². The van der Waals surface area contributed by atoms with Crippen LogP contribution >= 0.6 is 0 Å². The first-order valence-corrected chi connectivity index (χ1v) is 20.8. The molecule has 0 atom stereocenters. The van der Waals surface area contributed by atoms with Crippen molar-refractivity contribution in [2.45, 2.75) is 0 Å². The highest BCUT2D eigenvalue weighted by molar-refractivity contribution is 6.16. The Morgan fingerprint density at radius 2 is 1.05 bits per heavy atom. The summed E-state index contributed by atoms with van der Waals surface area (Å²) in [5, 5.41) is 10.4. The molecule has 294 valence electrons. The summed E-state index contributed by atoms with van der Waals surface area (Å²) in [5.41, 5.74) is 17.4. The van der Waals surface area contributed by atoms with E-state index in [9.17, 15) is 0 Å². The molecule has 4 nitrogen and oxygen atoms in total. The van der Waals surface area contributed by atoms with Gasteiger partial charge in [0.25, 0.3) is 0 Å². The zero-order chi connectivity index (χ0) is 41.8. The number of hydrogen-bond donors (Lipinski definition) is 1. The van der Waals surface area contributed by atoms with E-state index in [4.69, 9.17) is 5.41 Å². The Hall–Kier alpha value is -8.34. The molecule has 62 heavy (non-hydrogen) atoms. The molecule has 0 spiro atoms. The fourth-order valence-corrected chi connectivity index (χ4v) is 8.55. The zero-order valence-electron chi connectivity index (χ0n) is 34.1. The maximum Gasteiger partial charge on any atom is 0.0619 e. The molecule has 2 heterocycles. The minimum absolute atomic E-state index is 0.802. The van der Waals surface area contributed by atoms with Gasteiger partial charge in [0, 0.05) is 57.7 Å². The van der Waals surface area contributed by atoms with Crippen LogP contribution in [0.1, 0.15) is 5.56 Å². The summed E-state index contributed by atoms with van der Waals surface area (Å²) in [6.07, 6.45) is 8.64. The van der Waals surface area contributed by atoms with Gasteiger partial charge in [-0.25, -0.2) is 0 Å². The number of fused-ring (bicyclic) bond motifs is 3. The van der Waals surface area contributed by atoms with E-state index in [1.165, 1.54) is 44.8 Å². The third-order valence-electron chi connectivity index (χ3n) is 11.6. The molecule has 0 aliphatic carbocycles. The van der Waals surface area contributed by atoms with Crippen molar-refractivity contribution in [2.75, 3.05) is 4.90 Å². The van der Waals surface area contributed by atoms with Crippen molar-refractivity contribution in [1.29, 1.82) is 5.41 Å². The molecule has 4 heteroatoms. The average molecular weight is 795 g/mol. The maximum absolute atomic E-state index is 7.99. The Labute approximate surface area is 362 Å². The molecule has 0 radical (unpaired) electrons. The van der Waals surface area contributed by atoms with E-state index >= 15 is 0 Å². The van der Waals surface area contributed by atoms with Gasteiger partial charge >= 0.3 is 0 Å². The Kier molecular flexibility index (Phi) is 10.2. The monoisotopic (exact) mass is 794 g/mol. The molecule has 1 N–H and O–H groups in total. The first-order valence-electron chi connectivity index (χ1n) is 20.8. The van der Waals surface area contributed by atoms with Crippen molar-refractivity contribution in [3.8, 4) is 50.2 Å². The quantitative estimate of drug-likeness (QED) is 0.105. The number of pyridine rings is 1. The second kappa shape index (κ2) is 16.7. The van der Waals surface area contributed by atoms with E-state index in [1.807, 2.05) is 18.3 Å². The van der Waals surface area contributed by atoms with E-state index in [-0.39, 0.29) is 0 Å². The molecule has 0 bridgehead atoms. The third-order valence-corrected chi connectivity index (χ3v) is 11.6. The molecule has 0 fully saturated rings. The summed E-state index contributed by atoms with van der Waals surface area (Å²) in [6.45, 7) is 3.85. The van der Waals surface area contributed by atoms with Crippen LogP contribution in [0.15, 0.2) is 237 Å². The Morgan fingerprint density at radius 1 is 0.500 bits per heavy atom. The van der Waals surface area contributed by atoms with Gasteiger partial charge in [-0.05, 0) is 123 Å². The van der Waals surface area contributed by atoms with Crippen LogP contribution in [0.3, 0.4) is 0 Å². The van der Waals surface area contributed by atoms with Gasteiger partial charge in [0.1, 0.15) is 0 Å². The highest BCUT2D eigenvalue weighted by atomic mass is 15.1. The second-order valence-electron chi connectivity index (χ2n) is 15.3. The van der Waals surface area contributed by atoms with Crippen molar-refractivity contribution < 1.29 is 0 Å². The SMILES string of the molecule is C=C/C=C(\C=N)c1ccc(N(c2ccc(-c3cccnc3)cc2)c2ccc(-n3c4cc(-c5ccccc5)ccc4c4cc(-c5ccccc5)cc(-c5ccccc5)c43)cc2)cc1. The fraction of sp³-hybridized carbons (Fsp3) is 0. The lowest BCUT2D eigenvalue weighted by Crippen LogP contribution is -2.10. The molecule has 2 aromatic heterocycles. The van der Waals surface area contributed by atoms with Crippen LogP contribution in [-0.2, 0) is 0 Å². The fourth-order valence-electron chi connectivity index (χ4n) is 8.55. The van der Waals surface area contributed by atoms with Crippen LogP contribution in [0.4, 0.5) is 17.1 Å². The minimum Gasteiger partial charge on any atom is -0.311 e. The van der Waals surface area contributed by atoms with E-state index < -0.39 is 0 Å². The zero-order valence-corrected chi connectivity index (χ0v) is 34.1. The van der Waals surface area contributed by atoms with Gasteiger partial charge in [-0.3, -0.25) is 4.98 Å². The Bertz CT molecular complexity index is 3210. The van der Waals surface area contributed by atoms with Crippen LogP contribution < -0.4 is 4.90 Å². The largest absolute Gasteiger partial charge is 0.311 e. The molecule has 0 saturated carbocycles. The molecule has 0 aliphatic heterocycles. The van der Waals surface area contributed by atoms with Crippen molar-refractivity contribution in [3.63, 3.8) is 0 Å². The number of allylic oxidation sites excluding steroid dienone is 3. The predicted octanol–water partition coefficient (Wildman–Crippen LogP) is 15.5. The molecule has 0 saturated heterocycles. The van der Waals surface area contributed by atoms with E-state index in [1.54, 1.807) is 12.3 Å². The number of nitrogens with one attached hydrogen (secondary N) is 1. The predicted molar refractivity (Wildman–Crippen MR) is 262 cm³/mol. The highest BCUT2D eigenvalue weighted by Crippen LogP contribution is 2.43. The number of benzene rings is 8. The molecule has 0 unspecified atom stereocenters. The van der Waals surface area contributed by atoms with Crippen molar-refractivity contribution in [1.82, 2.24) is 9.55 Å². The summed E-state index contributed by atoms with van der Waals surface area (Å²) in [4.78, 5) is 6.63. The number of anilines is 3. The van der Waals surface area contributed by atoms with Gasteiger partial charge in [0.05, 0.1) is 11.0 Å². The molecule has 10 aromatic rings. The average Bonchev–Trinajstić information content (AvgIpc) is 3.68. The molecule has 8 aromatic carbocycles. The number of hydrogen-bond acceptors (Lipinski definition) is 3. The molecular weight excluding hydrogens is 753 g/mol. The smallest absolute Gasteiger partial charge is 0.0619 e. The van der Waals surface area contributed by atoms with Gasteiger partial charge in [-0.1, -0.05) is 152 Å². The van der Waals surface area contributed by atoms with E-state index in [0.717, 1.165) is 61.6 Å². The summed E-state index contributed by atoms with van der Waals surface area (Å²) in [7, 11) is 0. The summed E-state index contributed by atoms with van der Waals surface area (Å²) < 4.78 is 2.45. The highest BCUT2D eigenvalue weighted by Gasteiger charge is 2.21. The lowest BCUT2D eigenvalue weighted by atomic mass is 9.95. The first kappa shape index (κ1) is 37.9. The minimum atomic E-state index is 0.802. The standard InChI is InChI=1S/C58H42N4/c1-2-13-47(39-59)43-21-26-50(27-22-43)61(51-28-23-44(24-29-51)48-20-12-35-60-40-48)52-30-32-53(33-31-52)62-57-38-46(41-14-6-3-7-15-41)25-34-54(57)56-37-49(42-16-8-4-9-17-42)36-55(58(56)62)45-18-10-5-11-19-45/h2-40,59H,1H2/b47-13+,59-39?. The molecule has 0 aliphatic rings. The molecule has 10 rings (SSSR count). The van der Waals surface area contributed by atoms with Crippen molar-refractivity contribution in [2.24, 2.45) is 0 Å². The van der Waals surface area contributed by atoms with Crippen LogP contribution in [0.5, 0.6) is 0 Å². The lowest BCUT2D eigenvalue weighted by Gasteiger charge is -2.26. The van der Waals surface area contributed by atoms with Gasteiger partial charge in [0.2, 0.25) is 0 Å². The van der Waals surface area contributed by atoms with E-state index in [2.05, 4.69) is 221 Å². The Balaban J connectivity index is 1.17. The van der Waals surface area contributed by atoms with Crippen molar-refractivity contribution in [3.05, 3.63) is 243 Å². The third kappa shape index (κ3) is 7.20. The topological polar surface area (TPSA) is 44.9 Å². The maximum atomic E-state index is 7.99. The molecule has 0 amide bonds. The van der Waals surface area contributed by atoms with Gasteiger partial charge < -0.3 is 14.9 Å². The molecular formula is C58H42N4. The lowest BCUT2D eigenvalue weighted by molar-refractivity contribution is 1.17. The Morgan fingerprint density at radius 3 is 1.65 bits per heavy atom. The van der Waals surface area contributed by atoms with Crippen molar-refractivity contribution >= 4 is 50.7 Å². The van der Waals surface area contributed by atoms with E-state index in [0.29, 0.717) is 0 Å². The van der Waals surface area contributed by atoms with Crippen LogP contribution in [-0.4, -0.2) is 15.8 Å².